The number of amides is 2. The number of hydrogen-bond acceptors (Lipinski definition) is 5. The second-order valence-electron chi connectivity index (χ2n) is 8.82. The molecule has 3 rings (SSSR count). The van der Waals surface area contributed by atoms with Gasteiger partial charge in [-0.3, -0.25) is 15.0 Å². The van der Waals surface area contributed by atoms with E-state index in [1.165, 1.54) is 17.0 Å². The summed E-state index contributed by atoms with van der Waals surface area (Å²) < 4.78 is 28.5. The van der Waals surface area contributed by atoms with Crippen LogP contribution in [0.15, 0.2) is 59.5 Å². The maximum absolute atomic E-state index is 13.5. The number of nitrogens with zero attached hydrogens (tertiary/aromatic N) is 1. The van der Waals surface area contributed by atoms with Gasteiger partial charge in [0.1, 0.15) is 17.9 Å². The molecule has 1 fully saturated rings. The summed E-state index contributed by atoms with van der Waals surface area (Å²) in [6, 6.07) is 13.3. The highest BCUT2D eigenvalue weighted by Gasteiger charge is 2.40. The van der Waals surface area contributed by atoms with E-state index in [1.54, 1.807) is 42.5 Å². The first-order chi connectivity index (χ1) is 16.6. The molecule has 0 radical (unpaired) electrons. The molecule has 1 aliphatic heterocycles. The number of nitrogens with one attached hydrogen (secondary N) is 3. The van der Waals surface area contributed by atoms with Crippen LogP contribution in [0.5, 0.6) is 0 Å². The van der Waals surface area contributed by atoms with Crippen LogP contribution in [0.3, 0.4) is 0 Å². The molecule has 0 spiro atoms. The first kappa shape index (κ1) is 29.3. The van der Waals surface area contributed by atoms with Crippen molar-refractivity contribution in [3.05, 3.63) is 65.7 Å². The third kappa shape index (κ3) is 7.05. The van der Waals surface area contributed by atoms with Crippen LogP contribution in [0.2, 0.25) is 0 Å². The lowest BCUT2D eigenvalue weighted by molar-refractivity contribution is -0.140. The number of amidine groups is 1. The third-order valence-corrected chi connectivity index (χ3v) is 7.84. The standard InChI is InChI=1S/C25H33N5O4S.ClH/c1-3-17(2)22(29-35(33,34)20-8-5-4-6-9-20)25(32)30-15-7-10-21(30)24(31)28-16-18-11-13-19(14-12-18)23(26)27;/h4-6,8-9,11-14,17,21-22,29H,3,7,10,15-16H2,1-2H3,(H3,26,27)(H,28,31);1H/t17?,21-,22?;/m0./s1. The van der Waals surface area contributed by atoms with E-state index in [0.29, 0.717) is 31.4 Å². The summed E-state index contributed by atoms with van der Waals surface area (Å²) in [4.78, 5) is 28.1. The molecule has 9 nitrogen and oxygen atoms in total. The summed E-state index contributed by atoms with van der Waals surface area (Å²) in [5.41, 5.74) is 6.91. The van der Waals surface area contributed by atoms with E-state index in [0.717, 1.165) is 5.56 Å². The molecule has 36 heavy (non-hydrogen) atoms. The van der Waals surface area contributed by atoms with Gasteiger partial charge >= 0.3 is 0 Å². The van der Waals surface area contributed by atoms with Crippen LogP contribution in [0.4, 0.5) is 0 Å². The molecule has 2 unspecified atom stereocenters. The highest BCUT2D eigenvalue weighted by atomic mass is 35.5. The lowest BCUT2D eigenvalue weighted by atomic mass is 9.98. The molecule has 1 saturated heterocycles. The van der Waals surface area contributed by atoms with E-state index >= 15 is 0 Å². The minimum absolute atomic E-state index is 0. The first-order valence-corrected chi connectivity index (χ1v) is 13.2. The molecule has 1 heterocycles. The Morgan fingerprint density at radius 1 is 1.14 bits per heavy atom. The smallest absolute Gasteiger partial charge is 0.243 e. The van der Waals surface area contributed by atoms with E-state index in [1.807, 2.05) is 13.8 Å². The minimum atomic E-state index is -3.90. The maximum Gasteiger partial charge on any atom is 0.243 e. The zero-order valence-electron chi connectivity index (χ0n) is 20.4. The molecular weight excluding hydrogens is 502 g/mol. The minimum Gasteiger partial charge on any atom is -0.384 e. The van der Waals surface area contributed by atoms with E-state index < -0.39 is 22.1 Å². The Morgan fingerprint density at radius 3 is 2.36 bits per heavy atom. The second kappa shape index (κ2) is 12.8. The highest BCUT2D eigenvalue weighted by molar-refractivity contribution is 7.89. The zero-order valence-corrected chi connectivity index (χ0v) is 22.1. The lowest BCUT2D eigenvalue weighted by Gasteiger charge is -2.31. The van der Waals surface area contributed by atoms with Crippen molar-refractivity contribution in [3.63, 3.8) is 0 Å². The predicted octanol–water partition coefficient (Wildman–Crippen LogP) is 2.39. The van der Waals surface area contributed by atoms with Crippen LogP contribution < -0.4 is 15.8 Å². The maximum atomic E-state index is 13.5. The topological polar surface area (TPSA) is 145 Å². The number of nitrogens with two attached hydrogens (primary N) is 1. The number of halogens is 1. The number of hydrogen-bond donors (Lipinski definition) is 4. The van der Waals surface area contributed by atoms with Crippen molar-refractivity contribution < 1.29 is 18.0 Å². The molecule has 3 atom stereocenters. The largest absolute Gasteiger partial charge is 0.384 e. The van der Waals surface area contributed by atoms with Gasteiger partial charge in [-0.2, -0.15) is 4.72 Å². The molecule has 2 aromatic rings. The molecule has 2 amide bonds. The fourth-order valence-corrected chi connectivity index (χ4v) is 5.39. The Morgan fingerprint density at radius 2 is 1.78 bits per heavy atom. The zero-order chi connectivity index (χ0) is 25.6. The number of carbonyl (C=O) groups excluding carboxylic acids is 2. The van der Waals surface area contributed by atoms with Gasteiger partial charge in [0.15, 0.2) is 0 Å². The van der Waals surface area contributed by atoms with Crippen LogP contribution in [0.25, 0.3) is 0 Å². The normalized spacial score (nSPS) is 17.1. The molecular formula is C25H34ClN5O4S. The average molecular weight is 536 g/mol. The molecule has 1 aliphatic rings. The van der Waals surface area contributed by atoms with Crippen molar-refractivity contribution in [1.29, 1.82) is 5.41 Å². The molecule has 5 N–H and O–H groups in total. The van der Waals surface area contributed by atoms with E-state index in [2.05, 4.69) is 10.0 Å². The SMILES string of the molecule is CCC(C)C(NS(=O)(=O)c1ccccc1)C(=O)N1CCC[C@H]1C(=O)NCc1ccc(C(=N)N)cc1.Cl. The molecule has 0 aliphatic carbocycles. The van der Waals surface area contributed by atoms with Crippen LogP contribution in [0, 0.1) is 11.3 Å². The van der Waals surface area contributed by atoms with Gasteiger partial charge in [0.05, 0.1) is 4.90 Å². The fourth-order valence-electron chi connectivity index (χ4n) is 4.07. The second-order valence-corrected chi connectivity index (χ2v) is 10.5. The highest BCUT2D eigenvalue weighted by Crippen LogP contribution is 2.23. The van der Waals surface area contributed by atoms with Gasteiger partial charge in [-0.25, -0.2) is 8.42 Å². The van der Waals surface area contributed by atoms with Crippen molar-refractivity contribution in [2.75, 3.05) is 6.54 Å². The number of sulfonamides is 1. The molecule has 11 heteroatoms. The van der Waals surface area contributed by atoms with E-state index in [-0.39, 0.29) is 47.4 Å². The van der Waals surface area contributed by atoms with Crippen molar-refractivity contribution in [1.82, 2.24) is 14.9 Å². The summed E-state index contributed by atoms with van der Waals surface area (Å²) in [6.45, 7) is 4.38. The van der Waals surface area contributed by atoms with Crippen molar-refractivity contribution in [3.8, 4) is 0 Å². The molecule has 2 aromatic carbocycles. The van der Waals surface area contributed by atoms with Gasteiger partial charge in [-0.1, -0.05) is 62.7 Å². The summed E-state index contributed by atoms with van der Waals surface area (Å²) in [6.07, 6.45) is 1.77. The first-order valence-electron chi connectivity index (χ1n) is 11.7. The van der Waals surface area contributed by atoms with Gasteiger partial charge in [-0.05, 0) is 36.5 Å². The Labute approximate surface area is 218 Å². The summed E-state index contributed by atoms with van der Waals surface area (Å²) in [5.74, 6) is -0.952. The lowest BCUT2D eigenvalue weighted by Crippen LogP contribution is -2.55. The van der Waals surface area contributed by atoms with Gasteiger partial charge in [0.2, 0.25) is 21.8 Å². The number of benzene rings is 2. The van der Waals surface area contributed by atoms with Gasteiger partial charge in [0.25, 0.3) is 0 Å². The molecule has 0 bridgehead atoms. The van der Waals surface area contributed by atoms with Gasteiger partial charge in [0, 0.05) is 18.7 Å². The third-order valence-electron chi connectivity index (χ3n) is 6.38. The Balaban J connectivity index is 0.00000456. The van der Waals surface area contributed by atoms with Gasteiger partial charge in [-0.15, -0.1) is 12.4 Å². The molecule has 0 aromatic heterocycles. The van der Waals surface area contributed by atoms with Crippen LogP contribution in [-0.4, -0.2) is 49.6 Å². The van der Waals surface area contributed by atoms with E-state index in [4.69, 9.17) is 11.1 Å². The van der Waals surface area contributed by atoms with Crippen LogP contribution in [0.1, 0.15) is 44.2 Å². The quantitative estimate of drug-likeness (QED) is 0.272. The Bertz CT molecular complexity index is 1160. The molecule has 0 saturated carbocycles. The number of carbonyl (C=O) groups is 2. The Kier molecular flexibility index (Phi) is 10.4. The van der Waals surface area contributed by atoms with Crippen molar-refractivity contribution >= 4 is 40.1 Å². The average Bonchev–Trinajstić information content (AvgIpc) is 3.36. The monoisotopic (exact) mass is 535 g/mol. The fraction of sp³-hybridized carbons (Fsp3) is 0.400. The summed E-state index contributed by atoms with van der Waals surface area (Å²) >= 11 is 0. The molecule has 196 valence electrons. The number of likely N-dealkylation sites (tertiary alicyclic amines) is 1. The van der Waals surface area contributed by atoms with E-state index in [9.17, 15) is 18.0 Å². The van der Waals surface area contributed by atoms with Crippen LogP contribution in [-0.2, 0) is 26.2 Å². The summed E-state index contributed by atoms with van der Waals surface area (Å²) in [7, 11) is -3.90. The van der Waals surface area contributed by atoms with Gasteiger partial charge < -0.3 is 16.0 Å². The summed E-state index contributed by atoms with van der Waals surface area (Å²) in [5, 5.41) is 10.3. The Hall–Kier alpha value is -2.95. The van der Waals surface area contributed by atoms with Crippen molar-refractivity contribution in [2.45, 2.75) is 56.6 Å². The van der Waals surface area contributed by atoms with Crippen molar-refractivity contribution in [2.24, 2.45) is 11.7 Å². The predicted molar refractivity (Wildman–Crippen MR) is 141 cm³/mol. The number of nitrogen functional groups attached to an aromatic ring is 1. The van der Waals surface area contributed by atoms with Crippen LogP contribution >= 0.6 is 12.4 Å². The number of rotatable bonds is 10.